The van der Waals surface area contributed by atoms with Gasteiger partial charge in [-0.1, -0.05) is 18.1 Å². The fourth-order valence-electron chi connectivity index (χ4n) is 2.93. The van der Waals surface area contributed by atoms with Gasteiger partial charge in [0.15, 0.2) is 30.4 Å². The molecule has 0 bridgehead atoms. The number of hydrogen-bond donors (Lipinski definition) is 5. The number of allylic oxidation sites excluding steroid dienone is 4. The molecule has 0 amide bonds. The van der Waals surface area contributed by atoms with Gasteiger partial charge in [0, 0.05) is 24.0 Å². The van der Waals surface area contributed by atoms with Gasteiger partial charge >= 0.3 is 42.1 Å². The zero-order valence-corrected chi connectivity index (χ0v) is 29.5. The average Bonchev–Trinajstić information content (AvgIpc) is 2.74. The van der Waals surface area contributed by atoms with Crippen molar-refractivity contribution in [3.05, 3.63) is 23.8 Å². The van der Waals surface area contributed by atoms with Crippen LogP contribution in [0.4, 0.5) is 39.5 Å². The van der Waals surface area contributed by atoms with Crippen molar-refractivity contribution in [3.63, 3.8) is 0 Å². The van der Waals surface area contributed by atoms with Crippen molar-refractivity contribution in [1.82, 2.24) is 30.8 Å². The third-order valence-electron chi connectivity index (χ3n) is 4.85. The molecule has 1 atom stereocenters. The number of Topliss-reactive ketones (excluding diaryl/α,β-unsaturated/α-hetero) is 1. The first kappa shape index (κ1) is 63.9. The van der Waals surface area contributed by atoms with Crippen LogP contribution in [0.3, 0.4) is 0 Å². The molecule has 2 rings (SSSR count). The summed E-state index contributed by atoms with van der Waals surface area (Å²) in [6.07, 6.45) is 13.0. The maximum Gasteiger partial charge on any atom is 2.00 e. The standard InChI is InChI=1S/C15H21O2.3CHF3O3S.5H3N.Os/c1-12(16)6-9-15-8-4-3-5-13(15)11-14(17-2)7-10-15;3*2-1(3,4)8(5,6)7;;;;;;/h7,10-11H,3-6,8-9H2,1-2H3;3*(H,5,6,7);5*1H3;/q+1;;;;;;;;;+2/p-3. The van der Waals surface area contributed by atoms with E-state index in [4.69, 9.17) is 43.3 Å². The maximum absolute atomic E-state index is 11.2. The molecule has 0 heterocycles. The first-order valence-electron chi connectivity index (χ1n) is 10.3. The van der Waals surface area contributed by atoms with E-state index < -0.39 is 46.9 Å². The molecule has 0 aromatic carbocycles. The molecule has 0 radical (unpaired) electrons. The number of carbonyl (C=O) groups is 1. The van der Waals surface area contributed by atoms with Gasteiger partial charge in [-0.05, 0) is 32.6 Å². The second-order valence-electron chi connectivity index (χ2n) is 7.87. The smallest absolute Gasteiger partial charge is 0.741 e. The van der Waals surface area contributed by atoms with Crippen molar-refractivity contribution >= 4 is 41.9 Å². The van der Waals surface area contributed by atoms with E-state index in [1.807, 2.05) is 0 Å². The second kappa shape index (κ2) is 23.7. The van der Waals surface area contributed by atoms with E-state index in [-0.39, 0.29) is 56.0 Å². The molecule has 0 aromatic heterocycles. The summed E-state index contributed by atoms with van der Waals surface area (Å²) in [4.78, 5) is 11.2. The van der Waals surface area contributed by atoms with E-state index in [0.29, 0.717) is 12.2 Å². The molecule has 288 valence electrons. The molecule has 1 saturated carbocycles. The van der Waals surface area contributed by atoms with Gasteiger partial charge in [0.2, 0.25) is 0 Å². The van der Waals surface area contributed by atoms with Gasteiger partial charge in [-0.25, -0.2) is 25.3 Å². The molecule has 16 nitrogen and oxygen atoms in total. The minimum atomic E-state index is -6.09. The Morgan fingerprint density at radius 2 is 1.09 bits per heavy atom. The third kappa shape index (κ3) is 24.2. The van der Waals surface area contributed by atoms with E-state index >= 15 is 0 Å². The van der Waals surface area contributed by atoms with Gasteiger partial charge in [-0.2, -0.15) is 39.5 Å². The number of hydrogen-bond acceptors (Lipinski definition) is 15. The Balaban J connectivity index is -0.0000000740. The predicted octanol–water partition coefficient (Wildman–Crippen LogP) is 4.11. The Kier molecular flexibility index (Phi) is 32.2. The first-order valence-corrected chi connectivity index (χ1v) is 14.5. The second-order valence-corrected chi connectivity index (χ2v) is 12.0. The van der Waals surface area contributed by atoms with E-state index in [9.17, 15) is 44.3 Å². The fraction of sp³-hybridized carbons (Fsp3) is 0.667. The van der Waals surface area contributed by atoms with Gasteiger partial charge < -0.3 is 49.2 Å². The first-order chi connectivity index (χ1) is 17.9. The Bertz CT molecular complexity index is 1240. The molecule has 1 unspecified atom stereocenters. The van der Waals surface area contributed by atoms with Crippen molar-refractivity contribution in [2.45, 2.75) is 62.0 Å². The number of alkyl halides is 9. The van der Waals surface area contributed by atoms with Crippen LogP contribution in [0.2, 0.25) is 0 Å². The molecule has 29 heteroatoms. The minimum Gasteiger partial charge on any atom is -0.741 e. The number of fused-ring (bicyclic) bond motifs is 1. The normalized spacial score (nSPS) is 18.0. The molecule has 47 heavy (non-hydrogen) atoms. The minimum absolute atomic E-state index is 0. The Morgan fingerprint density at radius 3 is 1.34 bits per heavy atom. The van der Waals surface area contributed by atoms with Gasteiger partial charge in [0.25, 0.3) is 7.11 Å². The topological polar surface area (TPSA) is 375 Å². The van der Waals surface area contributed by atoms with Crippen LogP contribution < -0.4 is 30.8 Å². The average molecular weight is 956 g/mol. The van der Waals surface area contributed by atoms with Crippen LogP contribution in [0, 0.1) is 5.41 Å². The fourth-order valence-corrected chi connectivity index (χ4v) is 2.93. The summed E-state index contributed by atoms with van der Waals surface area (Å²) in [5.41, 5.74) is -15.3. The molecule has 0 aromatic rings. The molecule has 0 aliphatic heterocycles. The molecular weight excluding hydrogens is 920 g/mol. The SMILES string of the molecule is C[O+]=C1C=CC2(CCC(C)=O)CCCCC2=C1.N.N.N.N.N.O=S(=O)([O-])C(F)(F)F.O=S(=O)([O-])C(F)(F)F.O=S(=O)([O-])C(F)(F)F.[Os+2]. The number of carbonyl (C=O) groups excluding carboxylic acids is 2. The van der Waals surface area contributed by atoms with Gasteiger partial charge in [0.1, 0.15) is 5.78 Å². The summed E-state index contributed by atoms with van der Waals surface area (Å²) in [6, 6.07) is 0. The molecule has 15 N–H and O–H groups in total. The largest absolute Gasteiger partial charge is 2.00 e. The zero-order valence-electron chi connectivity index (χ0n) is 24.5. The summed E-state index contributed by atoms with van der Waals surface area (Å²) >= 11 is 0. The Labute approximate surface area is 277 Å². The summed E-state index contributed by atoms with van der Waals surface area (Å²) < 4.78 is 182. The van der Waals surface area contributed by atoms with Gasteiger partial charge in [-0.15, -0.1) is 0 Å². The summed E-state index contributed by atoms with van der Waals surface area (Å²) in [7, 11) is -16.6. The van der Waals surface area contributed by atoms with Crippen LogP contribution in [-0.2, 0) is 59.4 Å². The van der Waals surface area contributed by atoms with E-state index in [2.05, 4.69) is 18.2 Å². The van der Waals surface area contributed by atoms with Crippen molar-refractivity contribution in [3.8, 4) is 0 Å². The molecule has 2 aliphatic carbocycles. The zero-order chi connectivity index (χ0) is 33.3. The molecular formula is C18H36F9N5O11OsS3. The van der Waals surface area contributed by atoms with Gasteiger partial charge in [0.05, 0.1) is 0 Å². The molecule has 1 fully saturated rings. The van der Waals surface area contributed by atoms with Crippen LogP contribution in [0.15, 0.2) is 23.8 Å². The van der Waals surface area contributed by atoms with Crippen LogP contribution in [0.25, 0.3) is 0 Å². The monoisotopic (exact) mass is 957 g/mol. The third-order valence-corrected chi connectivity index (χ3v) is 6.55. The molecule has 2 aliphatic rings. The van der Waals surface area contributed by atoms with Crippen molar-refractivity contribution in [2.75, 3.05) is 7.11 Å². The van der Waals surface area contributed by atoms with Crippen LogP contribution >= 0.6 is 0 Å². The van der Waals surface area contributed by atoms with Crippen molar-refractivity contribution < 1.29 is 107 Å². The summed E-state index contributed by atoms with van der Waals surface area (Å²) in [5.74, 6) is 1.24. The van der Waals surface area contributed by atoms with E-state index in [1.165, 1.54) is 24.8 Å². The van der Waals surface area contributed by atoms with E-state index in [1.54, 1.807) is 14.0 Å². The number of rotatable bonds is 3. The van der Waals surface area contributed by atoms with Crippen LogP contribution in [0.1, 0.15) is 45.4 Å². The number of ketones is 2. The predicted molar refractivity (Wildman–Crippen MR) is 141 cm³/mol. The number of halogens is 9. The Hall–Kier alpha value is -1.64. The quantitative estimate of drug-likeness (QED) is 0.115. The summed E-state index contributed by atoms with van der Waals surface area (Å²) in [6.45, 7) is 1.68. The van der Waals surface area contributed by atoms with Crippen LogP contribution in [-0.4, -0.2) is 74.1 Å². The van der Waals surface area contributed by atoms with Gasteiger partial charge in [-0.3, -0.25) is 4.42 Å². The van der Waals surface area contributed by atoms with E-state index in [0.717, 1.165) is 18.6 Å². The molecule has 0 saturated heterocycles. The van der Waals surface area contributed by atoms with Crippen molar-refractivity contribution in [1.29, 1.82) is 0 Å². The molecule has 0 spiro atoms. The van der Waals surface area contributed by atoms with Crippen LogP contribution in [0.5, 0.6) is 0 Å². The maximum atomic E-state index is 11.2. The Morgan fingerprint density at radius 1 is 0.766 bits per heavy atom. The summed E-state index contributed by atoms with van der Waals surface area (Å²) in [5, 5.41) is 0. The van der Waals surface area contributed by atoms with Crippen molar-refractivity contribution in [2.24, 2.45) is 5.41 Å².